The molecule has 0 heterocycles. The minimum atomic E-state index is 0.384. The first-order chi connectivity index (χ1) is 8.74. The third-order valence-electron chi connectivity index (χ3n) is 2.08. The standard InChI is InChI=1S/C12H18ClN3O2/c1-17-8-6-15-12(14)16-7-9-18-11-5-3-2-4-10(11)13/h2-5H,6-9H2,1H3,(H3,14,15,16). The number of ether oxygens (including phenoxy) is 2. The van der Waals surface area contributed by atoms with Crippen LogP contribution in [-0.4, -0.2) is 39.4 Å². The van der Waals surface area contributed by atoms with Crippen molar-refractivity contribution in [2.45, 2.75) is 0 Å². The second-order valence-corrected chi connectivity index (χ2v) is 3.87. The molecule has 0 bridgehead atoms. The predicted molar refractivity (Wildman–Crippen MR) is 73.3 cm³/mol. The smallest absolute Gasteiger partial charge is 0.188 e. The van der Waals surface area contributed by atoms with Gasteiger partial charge in [-0.2, -0.15) is 0 Å². The van der Waals surface area contributed by atoms with Crippen molar-refractivity contribution in [2.75, 3.05) is 33.4 Å². The summed E-state index contributed by atoms with van der Waals surface area (Å²) in [6.07, 6.45) is 0. The van der Waals surface area contributed by atoms with Crippen molar-refractivity contribution < 1.29 is 9.47 Å². The number of hydrogen-bond acceptors (Lipinski definition) is 3. The van der Waals surface area contributed by atoms with Crippen LogP contribution in [0.5, 0.6) is 5.75 Å². The maximum absolute atomic E-state index is 5.94. The maximum atomic E-state index is 5.94. The minimum absolute atomic E-state index is 0.384. The van der Waals surface area contributed by atoms with Gasteiger partial charge < -0.3 is 20.5 Å². The van der Waals surface area contributed by atoms with Crippen LogP contribution in [0.3, 0.4) is 0 Å². The van der Waals surface area contributed by atoms with Gasteiger partial charge in [-0.1, -0.05) is 23.7 Å². The van der Waals surface area contributed by atoms with Crippen molar-refractivity contribution in [2.24, 2.45) is 10.7 Å². The number of aliphatic imine (C=N–C) groups is 1. The number of para-hydroxylation sites is 1. The van der Waals surface area contributed by atoms with E-state index in [4.69, 9.17) is 26.8 Å². The van der Waals surface area contributed by atoms with E-state index in [0.717, 1.165) is 0 Å². The zero-order chi connectivity index (χ0) is 13.2. The molecule has 0 radical (unpaired) electrons. The zero-order valence-electron chi connectivity index (χ0n) is 10.4. The number of methoxy groups -OCH3 is 1. The molecule has 0 aliphatic heterocycles. The summed E-state index contributed by atoms with van der Waals surface area (Å²) in [5, 5.41) is 3.53. The summed E-state index contributed by atoms with van der Waals surface area (Å²) >= 11 is 5.94. The van der Waals surface area contributed by atoms with Crippen LogP contribution in [-0.2, 0) is 4.74 Å². The molecule has 0 fully saturated rings. The molecule has 100 valence electrons. The van der Waals surface area contributed by atoms with Gasteiger partial charge in [0.1, 0.15) is 12.4 Å². The van der Waals surface area contributed by atoms with E-state index in [1.54, 1.807) is 13.2 Å². The molecule has 18 heavy (non-hydrogen) atoms. The van der Waals surface area contributed by atoms with Gasteiger partial charge in [-0.15, -0.1) is 0 Å². The van der Waals surface area contributed by atoms with Crippen LogP contribution in [0.15, 0.2) is 29.3 Å². The fraction of sp³-hybridized carbons (Fsp3) is 0.417. The molecular weight excluding hydrogens is 254 g/mol. The lowest BCUT2D eigenvalue weighted by Gasteiger charge is -2.09. The number of nitrogens with two attached hydrogens (primary N) is 1. The van der Waals surface area contributed by atoms with E-state index < -0.39 is 0 Å². The van der Waals surface area contributed by atoms with Gasteiger partial charge in [-0.3, -0.25) is 4.99 Å². The fourth-order valence-corrected chi connectivity index (χ4v) is 1.41. The average molecular weight is 272 g/mol. The Kier molecular flexibility index (Phi) is 6.98. The second kappa shape index (κ2) is 8.60. The first-order valence-electron chi connectivity index (χ1n) is 5.64. The van der Waals surface area contributed by atoms with Gasteiger partial charge in [-0.05, 0) is 12.1 Å². The molecule has 1 aromatic carbocycles. The van der Waals surface area contributed by atoms with Crippen LogP contribution in [0, 0.1) is 0 Å². The van der Waals surface area contributed by atoms with Gasteiger partial charge >= 0.3 is 0 Å². The van der Waals surface area contributed by atoms with Gasteiger partial charge in [0.2, 0.25) is 0 Å². The lowest BCUT2D eigenvalue weighted by molar-refractivity contribution is 0.208. The highest BCUT2D eigenvalue weighted by Gasteiger charge is 1.99. The summed E-state index contributed by atoms with van der Waals surface area (Å²) < 4.78 is 10.3. The first-order valence-corrected chi connectivity index (χ1v) is 6.02. The van der Waals surface area contributed by atoms with Gasteiger partial charge in [0.25, 0.3) is 0 Å². The summed E-state index contributed by atoms with van der Waals surface area (Å²) in [7, 11) is 1.62. The summed E-state index contributed by atoms with van der Waals surface area (Å²) in [6.45, 7) is 2.12. The monoisotopic (exact) mass is 271 g/mol. The average Bonchev–Trinajstić information content (AvgIpc) is 2.37. The highest BCUT2D eigenvalue weighted by Crippen LogP contribution is 2.22. The van der Waals surface area contributed by atoms with Gasteiger partial charge in [0.05, 0.1) is 24.7 Å². The molecule has 1 aromatic rings. The molecule has 0 aliphatic carbocycles. The highest BCUT2D eigenvalue weighted by molar-refractivity contribution is 6.32. The molecule has 1 rings (SSSR count). The Morgan fingerprint density at radius 1 is 1.39 bits per heavy atom. The van der Waals surface area contributed by atoms with E-state index in [2.05, 4.69) is 10.3 Å². The van der Waals surface area contributed by atoms with Crippen LogP contribution in [0.25, 0.3) is 0 Å². The van der Waals surface area contributed by atoms with Crippen molar-refractivity contribution in [3.05, 3.63) is 29.3 Å². The Balaban J connectivity index is 2.19. The van der Waals surface area contributed by atoms with Crippen molar-refractivity contribution in [3.63, 3.8) is 0 Å². The lowest BCUT2D eigenvalue weighted by Crippen LogP contribution is -2.35. The number of guanidine groups is 1. The maximum Gasteiger partial charge on any atom is 0.188 e. The van der Waals surface area contributed by atoms with Crippen LogP contribution in [0.4, 0.5) is 0 Å². The highest BCUT2D eigenvalue weighted by atomic mass is 35.5. The van der Waals surface area contributed by atoms with Crippen LogP contribution in [0.2, 0.25) is 5.02 Å². The predicted octanol–water partition coefficient (Wildman–Crippen LogP) is 1.27. The first kappa shape index (κ1) is 14.6. The zero-order valence-corrected chi connectivity index (χ0v) is 11.1. The van der Waals surface area contributed by atoms with Crippen molar-refractivity contribution >= 4 is 17.6 Å². The van der Waals surface area contributed by atoms with Gasteiger partial charge in [-0.25, -0.2) is 0 Å². The van der Waals surface area contributed by atoms with Crippen LogP contribution in [0.1, 0.15) is 0 Å². The number of nitrogens with zero attached hydrogens (tertiary/aromatic N) is 1. The summed E-state index contributed by atoms with van der Waals surface area (Å²) in [6, 6.07) is 7.33. The topological polar surface area (TPSA) is 68.9 Å². The quantitative estimate of drug-likeness (QED) is 0.445. The molecule has 0 spiro atoms. The molecular formula is C12H18ClN3O2. The summed E-state index contributed by atoms with van der Waals surface area (Å²) in [4.78, 5) is 4.05. The SMILES string of the molecule is COCCN=C(N)NCCOc1ccccc1Cl. The van der Waals surface area contributed by atoms with Crippen molar-refractivity contribution in [1.82, 2.24) is 5.32 Å². The Labute approximate surface area is 112 Å². The van der Waals surface area contributed by atoms with E-state index >= 15 is 0 Å². The Morgan fingerprint density at radius 3 is 2.89 bits per heavy atom. The summed E-state index contributed by atoms with van der Waals surface area (Å²) in [5.41, 5.74) is 5.63. The Hall–Kier alpha value is -1.46. The molecule has 5 nitrogen and oxygen atoms in total. The largest absolute Gasteiger partial charge is 0.490 e. The van der Waals surface area contributed by atoms with E-state index in [1.165, 1.54) is 0 Å². The fourth-order valence-electron chi connectivity index (χ4n) is 1.22. The number of hydrogen-bond donors (Lipinski definition) is 2. The molecule has 0 saturated heterocycles. The molecule has 6 heteroatoms. The van der Waals surface area contributed by atoms with E-state index in [-0.39, 0.29) is 0 Å². The third kappa shape index (κ3) is 5.75. The second-order valence-electron chi connectivity index (χ2n) is 3.47. The Bertz CT molecular complexity index is 385. The van der Waals surface area contributed by atoms with Gasteiger partial charge in [0.15, 0.2) is 5.96 Å². The number of nitrogens with one attached hydrogen (secondary N) is 1. The molecule has 0 aromatic heterocycles. The van der Waals surface area contributed by atoms with Crippen molar-refractivity contribution in [3.8, 4) is 5.75 Å². The van der Waals surface area contributed by atoms with Crippen LogP contribution >= 0.6 is 11.6 Å². The number of halogens is 1. The minimum Gasteiger partial charge on any atom is -0.490 e. The Morgan fingerprint density at radius 2 is 2.17 bits per heavy atom. The normalized spacial score (nSPS) is 11.3. The number of rotatable bonds is 7. The molecule has 0 atom stereocenters. The summed E-state index contributed by atoms with van der Waals surface area (Å²) in [5.74, 6) is 1.05. The molecule has 0 aliphatic rings. The molecule has 0 unspecified atom stereocenters. The van der Waals surface area contributed by atoms with Crippen molar-refractivity contribution in [1.29, 1.82) is 0 Å². The number of benzene rings is 1. The molecule has 0 amide bonds. The molecule has 0 saturated carbocycles. The molecule has 3 N–H and O–H groups in total. The van der Waals surface area contributed by atoms with E-state index in [9.17, 15) is 0 Å². The van der Waals surface area contributed by atoms with Gasteiger partial charge in [0, 0.05) is 7.11 Å². The van der Waals surface area contributed by atoms with Crippen LogP contribution < -0.4 is 15.8 Å². The third-order valence-corrected chi connectivity index (χ3v) is 2.39. The van der Waals surface area contributed by atoms with E-state index in [1.807, 2.05) is 18.2 Å². The van der Waals surface area contributed by atoms with E-state index in [0.29, 0.717) is 43.0 Å². The lowest BCUT2D eigenvalue weighted by atomic mass is 10.3.